The van der Waals surface area contributed by atoms with E-state index in [-0.39, 0.29) is 11.3 Å². The van der Waals surface area contributed by atoms with Crippen LogP contribution in [0.15, 0.2) is 6.07 Å². The predicted octanol–water partition coefficient (Wildman–Crippen LogP) is 2.75. The average Bonchev–Trinajstić information content (AvgIpc) is 2.72. The van der Waals surface area contributed by atoms with Crippen molar-refractivity contribution in [1.82, 2.24) is 0 Å². The van der Waals surface area contributed by atoms with Crippen LogP contribution in [0.4, 0.5) is 0 Å². The summed E-state index contributed by atoms with van der Waals surface area (Å²) in [6.45, 7) is 3.86. The van der Waals surface area contributed by atoms with Gasteiger partial charge in [-0.3, -0.25) is 0 Å². The third-order valence-electron chi connectivity index (χ3n) is 3.93. The Morgan fingerprint density at radius 3 is 2.41 bits per heavy atom. The molecule has 1 aliphatic carbocycles. The fraction of sp³-hybridized carbons (Fsp3) is 0.571. The molecule has 0 aliphatic heterocycles. The minimum Gasteiger partial charge on any atom is -0.504 e. The van der Waals surface area contributed by atoms with E-state index < -0.39 is 0 Å². The molecule has 0 heterocycles. The van der Waals surface area contributed by atoms with Crippen LogP contribution in [0.2, 0.25) is 0 Å². The zero-order chi connectivity index (χ0) is 12.6. The van der Waals surface area contributed by atoms with Crippen molar-refractivity contribution in [3.63, 3.8) is 0 Å². The molecule has 1 aliphatic rings. The number of benzene rings is 1. The van der Waals surface area contributed by atoms with Crippen molar-refractivity contribution in [1.29, 1.82) is 0 Å². The number of nitrogens with two attached hydrogens (primary N) is 1. The Morgan fingerprint density at radius 2 is 1.88 bits per heavy atom. The Morgan fingerprint density at radius 1 is 1.29 bits per heavy atom. The molecule has 94 valence electrons. The first kappa shape index (κ1) is 12.2. The minimum atomic E-state index is -0.240. The normalized spacial score (nSPS) is 18.4. The SMILES string of the molecule is COc1c(C)c(C2(N)CCCC2)cc(C)c1O. The molecule has 0 amide bonds. The van der Waals surface area contributed by atoms with E-state index in [0.717, 1.165) is 29.5 Å². The largest absolute Gasteiger partial charge is 0.504 e. The highest BCUT2D eigenvalue weighted by Gasteiger charge is 2.34. The molecular weight excluding hydrogens is 214 g/mol. The first-order chi connectivity index (χ1) is 7.99. The van der Waals surface area contributed by atoms with E-state index in [2.05, 4.69) is 0 Å². The summed E-state index contributed by atoms with van der Waals surface area (Å²) in [5, 5.41) is 9.96. The van der Waals surface area contributed by atoms with Crippen molar-refractivity contribution >= 4 is 0 Å². The first-order valence-electron chi connectivity index (χ1n) is 6.16. The molecule has 3 N–H and O–H groups in total. The van der Waals surface area contributed by atoms with Gasteiger partial charge in [-0.05, 0) is 43.4 Å². The Balaban J connectivity index is 2.58. The van der Waals surface area contributed by atoms with Crippen LogP contribution in [0.25, 0.3) is 0 Å². The van der Waals surface area contributed by atoms with Crippen LogP contribution in [-0.4, -0.2) is 12.2 Å². The van der Waals surface area contributed by atoms with Crippen molar-refractivity contribution in [3.8, 4) is 11.5 Å². The number of methoxy groups -OCH3 is 1. The van der Waals surface area contributed by atoms with E-state index in [1.165, 1.54) is 12.8 Å². The highest BCUT2D eigenvalue weighted by molar-refractivity contribution is 5.55. The maximum Gasteiger partial charge on any atom is 0.164 e. The van der Waals surface area contributed by atoms with Crippen LogP contribution in [0.1, 0.15) is 42.4 Å². The lowest BCUT2D eigenvalue weighted by Crippen LogP contribution is -2.34. The number of phenolic OH excluding ortho intramolecular Hbond substituents is 1. The Hall–Kier alpha value is -1.22. The summed E-state index contributed by atoms with van der Waals surface area (Å²) in [4.78, 5) is 0. The highest BCUT2D eigenvalue weighted by Crippen LogP contribution is 2.44. The fourth-order valence-corrected chi connectivity index (χ4v) is 2.91. The summed E-state index contributed by atoms with van der Waals surface area (Å²) in [7, 11) is 1.59. The predicted molar refractivity (Wildman–Crippen MR) is 68.5 cm³/mol. The number of rotatable bonds is 2. The summed E-state index contributed by atoms with van der Waals surface area (Å²) in [6.07, 6.45) is 4.39. The summed E-state index contributed by atoms with van der Waals surface area (Å²) < 4.78 is 5.30. The van der Waals surface area contributed by atoms with Gasteiger partial charge < -0.3 is 15.6 Å². The molecule has 17 heavy (non-hydrogen) atoms. The second-order valence-corrected chi connectivity index (χ2v) is 5.11. The van der Waals surface area contributed by atoms with Crippen LogP contribution in [0.3, 0.4) is 0 Å². The molecule has 0 aromatic heterocycles. The second-order valence-electron chi connectivity index (χ2n) is 5.11. The standard InChI is InChI=1S/C14H21NO2/c1-9-8-11(14(15)6-4-5-7-14)10(2)13(17-3)12(9)16/h8,16H,4-7,15H2,1-3H3. The number of aryl methyl sites for hydroxylation is 1. The molecule has 0 saturated heterocycles. The fourth-order valence-electron chi connectivity index (χ4n) is 2.91. The zero-order valence-electron chi connectivity index (χ0n) is 10.8. The molecule has 0 unspecified atom stereocenters. The molecule has 3 heteroatoms. The van der Waals surface area contributed by atoms with Crippen LogP contribution in [0.5, 0.6) is 11.5 Å². The Labute approximate surface area is 103 Å². The van der Waals surface area contributed by atoms with Gasteiger partial charge in [-0.25, -0.2) is 0 Å². The van der Waals surface area contributed by atoms with E-state index in [4.69, 9.17) is 10.5 Å². The molecule has 0 bridgehead atoms. The number of aromatic hydroxyl groups is 1. The third kappa shape index (κ3) is 1.89. The molecule has 0 spiro atoms. The maximum absolute atomic E-state index is 9.96. The van der Waals surface area contributed by atoms with Crippen molar-refractivity contribution in [3.05, 3.63) is 22.8 Å². The minimum absolute atomic E-state index is 0.232. The molecule has 1 aromatic carbocycles. The lowest BCUT2D eigenvalue weighted by molar-refractivity contribution is 0.364. The highest BCUT2D eigenvalue weighted by atomic mass is 16.5. The topological polar surface area (TPSA) is 55.5 Å². The van der Waals surface area contributed by atoms with Gasteiger partial charge in [0.2, 0.25) is 0 Å². The smallest absolute Gasteiger partial charge is 0.164 e. The van der Waals surface area contributed by atoms with Crippen LogP contribution >= 0.6 is 0 Å². The van der Waals surface area contributed by atoms with Gasteiger partial charge in [0.25, 0.3) is 0 Å². The maximum atomic E-state index is 9.96. The van der Waals surface area contributed by atoms with Crippen molar-refractivity contribution in [2.24, 2.45) is 5.73 Å². The molecule has 2 rings (SSSR count). The van der Waals surface area contributed by atoms with Crippen LogP contribution < -0.4 is 10.5 Å². The third-order valence-corrected chi connectivity index (χ3v) is 3.93. The molecule has 1 aromatic rings. The van der Waals surface area contributed by atoms with E-state index in [9.17, 15) is 5.11 Å². The van der Waals surface area contributed by atoms with Gasteiger partial charge in [-0.15, -0.1) is 0 Å². The Bertz CT molecular complexity index is 434. The van der Waals surface area contributed by atoms with Crippen LogP contribution in [0, 0.1) is 13.8 Å². The number of hydrogen-bond acceptors (Lipinski definition) is 3. The summed E-state index contributed by atoms with van der Waals surface area (Å²) in [6, 6.07) is 2.01. The lowest BCUT2D eigenvalue weighted by atomic mass is 9.84. The van der Waals surface area contributed by atoms with Crippen LogP contribution in [-0.2, 0) is 5.54 Å². The van der Waals surface area contributed by atoms with Crippen molar-refractivity contribution in [2.45, 2.75) is 45.1 Å². The lowest BCUT2D eigenvalue weighted by Gasteiger charge is -2.28. The van der Waals surface area contributed by atoms with Gasteiger partial charge in [-0.1, -0.05) is 18.9 Å². The second kappa shape index (κ2) is 4.22. The molecule has 3 nitrogen and oxygen atoms in total. The zero-order valence-corrected chi connectivity index (χ0v) is 10.8. The van der Waals surface area contributed by atoms with Gasteiger partial charge in [0.15, 0.2) is 11.5 Å². The monoisotopic (exact) mass is 235 g/mol. The molecule has 0 atom stereocenters. The molecule has 1 saturated carbocycles. The number of phenols is 1. The summed E-state index contributed by atoms with van der Waals surface area (Å²) in [5.74, 6) is 0.798. The number of hydrogen-bond donors (Lipinski definition) is 2. The van der Waals surface area contributed by atoms with Gasteiger partial charge in [-0.2, -0.15) is 0 Å². The summed E-state index contributed by atoms with van der Waals surface area (Å²) in [5.41, 5.74) is 9.18. The van der Waals surface area contributed by atoms with E-state index in [0.29, 0.717) is 5.75 Å². The van der Waals surface area contributed by atoms with Gasteiger partial charge >= 0.3 is 0 Å². The van der Waals surface area contributed by atoms with Crippen molar-refractivity contribution < 1.29 is 9.84 Å². The molecule has 0 radical (unpaired) electrons. The number of ether oxygens (including phenoxy) is 1. The van der Waals surface area contributed by atoms with Gasteiger partial charge in [0.05, 0.1) is 7.11 Å². The first-order valence-corrected chi connectivity index (χ1v) is 6.16. The molecule has 1 fully saturated rings. The molecular formula is C14H21NO2. The van der Waals surface area contributed by atoms with Crippen molar-refractivity contribution in [2.75, 3.05) is 7.11 Å². The van der Waals surface area contributed by atoms with E-state index in [1.807, 2.05) is 19.9 Å². The van der Waals surface area contributed by atoms with E-state index in [1.54, 1.807) is 7.11 Å². The van der Waals surface area contributed by atoms with Gasteiger partial charge in [0.1, 0.15) is 0 Å². The van der Waals surface area contributed by atoms with Gasteiger partial charge in [0, 0.05) is 5.54 Å². The Kier molecular flexibility index (Phi) is 3.04. The quantitative estimate of drug-likeness (QED) is 0.828. The summed E-state index contributed by atoms with van der Waals surface area (Å²) >= 11 is 0. The average molecular weight is 235 g/mol. The van der Waals surface area contributed by atoms with E-state index >= 15 is 0 Å².